The van der Waals surface area contributed by atoms with Crippen LogP contribution in [0.4, 0.5) is 17.2 Å². The van der Waals surface area contributed by atoms with Gasteiger partial charge in [0, 0.05) is 24.3 Å². The Bertz CT molecular complexity index is 950. The van der Waals surface area contributed by atoms with Crippen LogP contribution in [-0.2, 0) is 19.5 Å². The van der Waals surface area contributed by atoms with Crippen molar-refractivity contribution in [3.8, 4) is 0 Å². The van der Waals surface area contributed by atoms with Gasteiger partial charge in [0.15, 0.2) is 0 Å². The van der Waals surface area contributed by atoms with Gasteiger partial charge in [-0.3, -0.25) is 10.1 Å². The number of rotatable bonds is 9. The van der Waals surface area contributed by atoms with Gasteiger partial charge in [0.25, 0.3) is 0 Å². The Balaban J connectivity index is 2.10. The van der Waals surface area contributed by atoms with Crippen LogP contribution in [0.5, 0.6) is 0 Å². The molecule has 0 bridgehead atoms. The lowest BCUT2D eigenvalue weighted by Crippen LogP contribution is -2.25. The highest BCUT2D eigenvalue weighted by Crippen LogP contribution is 2.38. The van der Waals surface area contributed by atoms with Crippen molar-refractivity contribution in [3.63, 3.8) is 0 Å². The lowest BCUT2D eigenvalue weighted by Gasteiger charge is -2.25. The predicted molar refractivity (Wildman–Crippen MR) is 121 cm³/mol. The number of anilines is 2. The number of nitrogens with zero attached hydrogens (tertiary/aromatic N) is 3. The maximum atomic E-state index is 12.0. The zero-order valence-electron chi connectivity index (χ0n) is 17.5. The molecule has 0 unspecified atom stereocenters. The van der Waals surface area contributed by atoms with Crippen LogP contribution in [0, 0.1) is 17.0 Å². The quantitative estimate of drug-likeness (QED) is 0.380. The maximum Gasteiger partial charge on any atom is 0.334 e. The van der Waals surface area contributed by atoms with Gasteiger partial charge < -0.3 is 10.6 Å². The summed E-state index contributed by atoms with van der Waals surface area (Å²) in [6, 6.07) is 19.8. The van der Waals surface area contributed by atoms with Crippen LogP contribution in [0.1, 0.15) is 42.1 Å². The Kier molecular flexibility index (Phi) is 7.01. The molecule has 0 aliphatic heterocycles. The third kappa shape index (κ3) is 4.95. The van der Waals surface area contributed by atoms with Gasteiger partial charge in [-0.15, -0.1) is 0 Å². The molecule has 0 aliphatic rings. The van der Waals surface area contributed by atoms with Gasteiger partial charge in [0.2, 0.25) is 5.82 Å². The minimum Gasteiger partial charge on any atom is -0.393 e. The van der Waals surface area contributed by atoms with E-state index in [4.69, 9.17) is 10.7 Å². The Morgan fingerprint density at radius 2 is 1.53 bits per heavy atom. The predicted octanol–water partition coefficient (Wildman–Crippen LogP) is 5.43. The van der Waals surface area contributed by atoms with Gasteiger partial charge in [0.05, 0.1) is 4.92 Å². The molecule has 0 aliphatic carbocycles. The molecule has 0 spiro atoms. The molecule has 3 rings (SSSR count). The van der Waals surface area contributed by atoms with Crippen molar-refractivity contribution in [1.82, 2.24) is 4.98 Å². The van der Waals surface area contributed by atoms with E-state index in [0.717, 1.165) is 35.2 Å². The van der Waals surface area contributed by atoms with Crippen LogP contribution in [0.3, 0.4) is 0 Å². The molecule has 0 atom stereocenters. The summed E-state index contributed by atoms with van der Waals surface area (Å²) < 4.78 is 0. The molecule has 2 N–H and O–H groups in total. The van der Waals surface area contributed by atoms with E-state index < -0.39 is 4.92 Å². The zero-order valence-corrected chi connectivity index (χ0v) is 17.5. The summed E-state index contributed by atoms with van der Waals surface area (Å²) in [6.07, 6.45) is 2.60. The fourth-order valence-corrected chi connectivity index (χ4v) is 3.62. The first-order valence-electron chi connectivity index (χ1n) is 10.3. The van der Waals surface area contributed by atoms with Crippen molar-refractivity contribution in [2.24, 2.45) is 0 Å². The summed E-state index contributed by atoms with van der Waals surface area (Å²) in [4.78, 5) is 18.3. The van der Waals surface area contributed by atoms with E-state index in [1.807, 2.05) is 72.5 Å². The molecule has 0 fully saturated rings. The summed E-state index contributed by atoms with van der Waals surface area (Å²) in [5.74, 6) is 0.322. The van der Waals surface area contributed by atoms with Crippen LogP contribution >= 0.6 is 0 Å². The second kappa shape index (κ2) is 9.87. The lowest BCUT2D eigenvalue weighted by atomic mass is 10.0. The first-order valence-corrected chi connectivity index (χ1v) is 10.3. The molecule has 0 radical (unpaired) electrons. The van der Waals surface area contributed by atoms with Gasteiger partial charge in [-0.1, -0.05) is 74.0 Å². The van der Waals surface area contributed by atoms with E-state index in [0.29, 0.717) is 25.3 Å². The van der Waals surface area contributed by atoms with Gasteiger partial charge in [-0.2, -0.15) is 0 Å². The van der Waals surface area contributed by atoms with E-state index in [1.54, 1.807) is 0 Å². The van der Waals surface area contributed by atoms with E-state index in [9.17, 15) is 10.1 Å². The summed E-state index contributed by atoms with van der Waals surface area (Å²) >= 11 is 0. The Hall–Kier alpha value is -3.41. The molecule has 30 heavy (non-hydrogen) atoms. The van der Waals surface area contributed by atoms with E-state index in [2.05, 4.69) is 6.92 Å². The van der Waals surface area contributed by atoms with E-state index in [1.165, 1.54) is 0 Å². The van der Waals surface area contributed by atoms with Crippen LogP contribution in [0.15, 0.2) is 60.7 Å². The molecule has 0 saturated heterocycles. The van der Waals surface area contributed by atoms with Gasteiger partial charge >= 0.3 is 5.69 Å². The minimum atomic E-state index is -0.393. The van der Waals surface area contributed by atoms with Crippen molar-refractivity contribution >= 4 is 17.2 Å². The largest absolute Gasteiger partial charge is 0.393 e. The van der Waals surface area contributed by atoms with Crippen molar-refractivity contribution < 1.29 is 4.92 Å². The first-order chi connectivity index (χ1) is 14.5. The standard InChI is InChI=1S/C24H28N4O2/c1-3-4-15-21-18(2)26-24(23(22(21)25)28(29)30)27(16-19-11-7-5-8-12-19)17-20-13-9-6-10-14-20/h5-14H,3-4,15-17H2,1-2H3,(H2,25,26). The summed E-state index contributed by atoms with van der Waals surface area (Å²) in [5.41, 5.74) is 10.1. The molecule has 2 aromatic carbocycles. The third-order valence-electron chi connectivity index (χ3n) is 5.20. The van der Waals surface area contributed by atoms with Crippen LogP contribution in [-0.4, -0.2) is 9.91 Å². The fourth-order valence-electron chi connectivity index (χ4n) is 3.62. The van der Waals surface area contributed by atoms with Crippen molar-refractivity contribution in [1.29, 1.82) is 0 Å². The monoisotopic (exact) mass is 404 g/mol. The molecule has 6 nitrogen and oxygen atoms in total. The van der Waals surface area contributed by atoms with Crippen molar-refractivity contribution in [3.05, 3.63) is 93.2 Å². The highest BCUT2D eigenvalue weighted by atomic mass is 16.6. The smallest absolute Gasteiger partial charge is 0.334 e. The molecule has 0 amide bonds. The molecule has 156 valence electrons. The third-order valence-corrected chi connectivity index (χ3v) is 5.20. The Labute approximate surface area is 177 Å². The molecule has 6 heteroatoms. The first kappa shape index (κ1) is 21.3. The number of nitrogens with two attached hydrogens (primary N) is 1. The molecule has 1 heterocycles. The second-order valence-electron chi connectivity index (χ2n) is 7.45. The molecule has 3 aromatic rings. The molecular formula is C24H28N4O2. The zero-order chi connectivity index (χ0) is 21.5. The fraction of sp³-hybridized carbons (Fsp3) is 0.292. The van der Waals surface area contributed by atoms with Crippen molar-refractivity contribution in [2.75, 3.05) is 10.6 Å². The number of nitrogen functional groups attached to an aromatic ring is 1. The molecule has 0 saturated carbocycles. The topological polar surface area (TPSA) is 85.3 Å². The number of hydrogen-bond acceptors (Lipinski definition) is 5. The average molecular weight is 405 g/mol. The number of nitro groups is 1. The number of aryl methyl sites for hydroxylation is 1. The summed E-state index contributed by atoms with van der Waals surface area (Å²) in [7, 11) is 0. The van der Waals surface area contributed by atoms with Crippen LogP contribution < -0.4 is 10.6 Å². The minimum absolute atomic E-state index is 0.0986. The van der Waals surface area contributed by atoms with Gasteiger partial charge in [-0.05, 0) is 30.9 Å². The average Bonchev–Trinajstić information content (AvgIpc) is 2.74. The van der Waals surface area contributed by atoms with Gasteiger partial charge in [0.1, 0.15) is 5.69 Å². The van der Waals surface area contributed by atoms with Gasteiger partial charge in [-0.25, -0.2) is 4.98 Å². The number of unbranched alkanes of at least 4 members (excludes halogenated alkanes) is 1. The van der Waals surface area contributed by atoms with E-state index in [-0.39, 0.29) is 11.4 Å². The Morgan fingerprint density at radius 1 is 1.00 bits per heavy atom. The Morgan fingerprint density at radius 3 is 2.00 bits per heavy atom. The van der Waals surface area contributed by atoms with E-state index >= 15 is 0 Å². The highest BCUT2D eigenvalue weighted by Gasteiger charge is 2.28. The highest BCUT2D eigenvalue weighted by molar-refractivity contribution is 5.76. The second-order valence-corrected chi connectivity index (χ2v) is 7.45. The number of benzene rings is 2. The molecule has 1 aromatic heterocycles. The number of aromatic nitrogens is 1. The number of hydrogen-bond donors (Lipinski definition) is 1. The number of pyridine rings is 1. The normalized spacial score (nSPS) is 10.7. The van der Waals surface area contributed by atoms with Crippen LogP contribution in [0.2, 0.25) is 0 Å². The SMILES string of the molecule is CCCCc1c(C)nc(N(Cc2ccccc2)Cc2ccccc2)c([N+](=O)[O-])c1N. The summed E-state index contributed by atoms with van der Waals surface area (Å²) in [5, 5.41) is 12.0. The lowest BCUT2D eigenvalue weighted by molar-refractivity contribution is -0.383. The maximum absolute atomic E-state index is 12.0. The summed E-state index contributed by atoms with van der Waals surface area (Å²) in [6.45, 7) is 4.97. The van der Waals surface area contributed by atoms with Crippen molar-refractivity contribution in [2.45, 2.75) is 46.2 Å². The molecular weight excluding hydrogens is 376 g/mol. The van der Waals surface area contributed by atoms with Crippen LogP contribution in [0.25, 0.3) is 0 Å².